The number of aromatic nitrogens is 3. The molecule has 2 aromatic rings. The molecule has 0 unspecified atom stereocenters. The van der Waals surface area contributed by atoms with Crippen LogP contribution in [0.5, 0.6) is 0 Å². The van der Waals surface area contributed by atoms with Gasteiger partial charge in [-0.3, -0.25) is 5.10 Å². The molecule has 1 aromatic heterocycles. The number of rotatable bonds is 4. The molecule has 0 aliphatic rings. The fourth-order valence-corrected chi connectivity index (χ4v) is 1.77. The van der Waals surface area contributed by atoms with Crippen molar-refractivity contribution in [1.82, 2.24) is 15.2 Å². The van der Waals surface area contributed by atoms with E-state index in [4.69, 9.17) is 11.6 Å². The van der Waals surface area contributed by atoms with Crippen LogP contribution in [0.4, 0.5) is 0 Å². The van der Waals surface area contributed by atoms with Crippen molar-refractivity contribution in [3.05, 3.63) is 46.5 Å². The minimum absolute atomic E-state index is 0.705. The van der Waals surface area contributed by atoms with Crippen LogP contribution in [0.15, 0.2) is 24.3 Å². The molecule has 0 amide bonds. The first-order valence-corrected chi connectivity index (χ1v) is 5.81. The van der Waals surface area contributed by atoms with Gasteiger partial charge in [0.1, 0.15) is 5.82 Å². The van der Waals surface area contributed by atoms with Gasteiger partial charge in [-0.05, 0) is 18.1 Å². The minimum Gasteiger partial charge on any atom is -0.263 e. The molecule has 0 spiro atoms. The largest absolute Gasteiger partial charge is 0.263 e. The van der Waals surface area contributed by atoms with Crippen LogP contribution in [0.2, 0.25) is 5.02 Å². The molecule has 0 aliphatic carbocycles. The maximum Gasteiger partial charge on any atom is 0.150 e. The first kappa shape index (κ1) is 11.1. The summed E-state index contributed by atoms with van der Waals surface area (Å²) in [5.41, 5.74) is 1.07. The summed E-state index contributed by atoms with van der Waals surface area (Å²) in [6, 6.07) is 7.80. The van der Waals surface area contributed by atoms with Gasteiger partial charge in [0.25, 0.3) is 0 Å². The van der Waals surface area contributed by atoms with Crippen molar-refractivity contribution >= 4 is 11.6 Å². The highest BCUT2D eigenvalue weighted by Crippen LogP contribution is 2.17. The highest BCUT2D eigenvalue weighted by Gasteiger charge is 2.05. The molecule has 1 N–H and O–H groups in total. The number of nitrogens with one attached hydrogen (secondary N) is 1. The second kappa shape index (κ2) is 5.12. The number of hydrogen-bond acceptors (Lipinski definition) is 2. The number of H-pyrrole nitrogens is 1. The summed E-state index contributed by atoms with van der Waals surface area (Å²) in [7, 11) is 0. The van der Waals surface area contributed by atoms with E-state index in [9.17, 15) is 0 Å². The summed E-state index contributed by atoms with van der Waals surface area (Å²) in [6.07, 6.45) is 2.68. The lowest BCUT2D eigenvalue weighted by atomic mass is 10.1. The summed E-state index contributed by atoms with van der Waals surface area (Å²) in [5.74, 6) is 1.75. The molecule has 0 bridgehead atoms. The van der Waals surface area contributed by atoms with Crippen LogP contribution in [-0.2, 0) is 12.8 Å². The van der Waals surface area contributed by atoms with Crippen LogP contribution in [0.3, 0.4) is 0 Å². The van der Waals surface area contributed by atoms with E-state index in [0.29, 0.717) is 6.42 Å². The molecule has 0 aliphatic heterocycles. The third kappa shape index (κ3) is 2.61. The summed E-state index contributed by atoms with van der Waals surface area (Å²) >= 11 is 6.08. The smallest absolute Gasteiger partial charge is 0.150 e. The second-order valence-electron chi connectivity index (χ2n) is 3.72. The number of nitrogens with zero attached hydrogens (tertiary/aromatic N) is 2. The average Bonchev–Trinajstić information content (AvgIpc) is 2.70. The van der Waals surface area contributed by atoms with E-state index in [1.807, 2.05) is 24.3 Å². The summed E-state index contributed by atoms with van der Waals surface area (Å²) in [6.45, 7) is 2.12. The summed E-state index contributed by atoms with van der Waals surface area (Å²) < 4.78 is 0. The van der Waals surface area contributed by atoms with Gasteiger partial charge in [0.05, 0.1) is 0 Å². The molecule has 0 saturated carbocycles. The van der Waals surface area contributed by atoms with Crippen molar-refractivity contribution in [3.8, 4) is 0 Å². The lowest BCUT2D eigenvalue weighted by molar-refractivity contribution is 0.841. The molecule has 84 valence electrons. The average molecular weight is 236 g/mol. The van der Waals surface area contributed by atoms with Gasteiger partial charge in [-0.2, -0.15) is 5.10 Å². The van der Waals surface area contributed by atoms with Gasteiger partial charge in [0.2, 0.25) is 0 Å². The Morgan fingerprint density at radius 2 is 2.12 bits per heavy atom. The molecule has 0 radical (unpaired) electrons. The Kier molecular flexibility index (Phi) is 3.57. The third-order valence-corrected chi connectivity index (χ3v) is 2.74. The summed E-state index contributed by atoms with van der Waals surface area (Å²) in [5, 5.41) is 7.87. The Morgan fingerprint density at radius 1 is 1.31 bits per heavy atom. The van der Waals surface area contributed by atoms with E-state index >= 15 is 0 Å². The predicted molar refractivity (Wildman–Crippen MR) is 64.6 cm³/mol. The van der Waals surface area contributed by atoms with Crippen LogP contribution in [0.1, 0.15) is 30.6 Å². The van der Waals surface area contributed by atoms with Crippen LogP contribution in [-0.4, -0.2) is 15.2 Å². The zero-order valence-electron chi connectivity index (χ0n) is 9.20. The number of hydrogen-bond donors (Lipinski definition) is 1. The van der Waals surface area contributed by atoms with E-state index in [1.165, 1.54) is 0 Å². The number of aromatic amines is 1. The molecule has 1 aromatic carbocycles. The molecular formula is C12H14ClN3. The Hall–Kier alpha value is -1.35. The van der Waals surface area contributed by atoms with Gasteiger partial charge in [-0.1, -0.05) is 36.7 Å². The molecule has 0 saturated heterocycles. The first-order valence-electron chi connectivity index (χ1n) is 5.43. The van der Waals surface area contributed by atoms with Crippen LogP contribution in [0, 0.1) is 0 Å². The molecule has 2 rings (SSSR count). The van der Waals surface area contributed by atoms with E-state index < -0.39 is 0 Å². The van der Waals surface area contributed by atoms with E-state index in [-0.39, 0.29) is 0 Å². The molecule has 16 heavy (non-hydrogen) atoms. The van der Waals surface area contributed by atoms with Crippen molar-refractivity contribution in [2.24, 2.45) is 0 Å². The zero-order valence-corrected chi connectivity index (χ0v) is 9.96. The Balaban J connectivity index is 2.11. The number of benzene rings is 1. The second-order valence-corrected chi connectivity index (χ2v) is 4.12. The van der Waals surface area contributed by atoms with E-state index in [0.717, 1.165) is 35.1 Å². The molecule has 0 fully saturated rings. The van der Waals surface area contributed by atoms with Gasteiger partial charge in [0, 0.05) is 17.9 Å². The molecule has 4 heteroatoms. The fourth-order valence-electron chi connectivity index (χ4n) is 1.57. The molecular weight excluding hydrogens is 222 g/mol. The molecule has 1 heterocycles. The van der Waals surface area contributed by atoms with Crippen molar-refractivity contribution in [1.29, 1.82) is 0 Å². The maximum absolute atomic E-state index is 6.08. The first-order chi connectivity index (χ1) is 7.79. The lowest BCUT2D eigenvalue weighted by Gasteiger charge is -1.99. The van der Waals surface area contributed by atoms with Gasteiger partial charge >= 0.3 is 0 Å². The maximum atomic E-state index is 6.08. The fraction of sp³-hybridized carbons (Fsp3) is 0.333. The van der Waals surface area contributed by atoms with Crippen molar-refractivity contribution in [2.45, 2.75) is 26.2 Å². The highest BCUT2D eigenvalue weighted by atomic mass is 35.5. The monoisotopic (exact) mass is 235 g/mol. The van der Waals surface area contributed by atoms with Gasteiger partial charge in [-0.15, -0.1) is 0 Å². The van der Waals surface area contributed by atoms with Crippen LogP contribution in [0.25, 0.3) is 0 Å². The van der Waals surface area contributed by atoms with Gasteiger partial charge in [0.15, 0.2) is 5.82 Å². The number of halogens is 1. The third-order valence-electron chi connectivity index (χ3n) is 2.37. The van der Waals surface area contributed by atoms with Crippen molar-refractivity contribution in [3.63, 3.8) is 0 Å². The number of aryl methyl sites for hydroxylation is 1. The Morgan fingerprint density at radius 3 is 2.88 bits per heavy atom. The normalized spacial score (nSPS) is 10.6. The van der Waals surface area contributed by atoms with Crippen molar-refractivity contribution < 1.29 is 0 Å². The highest BCUT2D eigenvalue weighted by molar-refractivity contribution is 6.31. The van der Waals surface area contributed by atoms with Gasteiger partial charge < -0.3 is 0 Å². The van der Waals surface area contributed by atoms with Gasteiger partial charge in [-0.25, -0.2) is 4.98 Å². The van der Waals surface area contributed by atoms with Crippen LogP contribution < -0.4 is 0 Å². The molecule has 0 atom stereocenters. The summed E-state index contributed by atoms with van der Waals surface area (Å²) in [4.78, 5) is 4.41. The Labute approximate surface area is 99.9 Å². The topological polar surface area (TPSA) is 41.6 Å². The van der Waals surface area contributed by atoms with Crippen molar-refractivity contribution in [2.75, 3.05) is 0 Å². The van der Waals surface area contributed by atoms with Crippen LogP contribution >= 0.6 is 11.6 Å². The van der Waals surface area contributed by atoms with E-state index in [2.05, 4.69) is 22.1 Å². The SMILES string of the molecule is CCCc1n[nH]c(Cc2ccccc2Cl)n1. The Bertz CT molecular complexity index is 465. The predicted octanol–water partition coefficient (Wildman–Crippen LogP) is 3.00. The van der Waals surface area contributed by atoms with E-state index in [1.54, 1.807) is 0 Å². The minimum atomic E-state index is 0.705. The zero-order chi connectivity index (χ0) is 11.4. The lowest BCUT2D eigenvalue weighted by Crippen LogP contribution is -1.92. The molecule has 3 nitrogen and oxygen atoms in total. The quantitative estimate of drug-likeness (QED) is 0.885. The standard InChI is InChI=1S/C12H14ClN3/c1-2-5-11-14-12(16-15-11)8-9-6-3-4-7-10(9)13/h3-4,6-7H,2,5,8H2,1H3,(H,14,15,16).